The van der Waals surface area contributed by atoms with Gasteiger partial charge in [0.15, 0.2) is 0 Å². The SMILES string of the molecule is CCCC1CCC(NS(=O)(=O)c2ccccc2NC)CC1. The van der Waals surface area contributed by atoms with Gasteiger partial charge in [-0.05, 0) is 43.7 Å². The first-order chi connectivity index (χ1) is 10.1. The predicted molar refractivity (Wildman–Crippen MR) is 87.0 cm³/mol. The van der Waals surface area contributed by atoms with Gasteiger partial charge in [-0.25, -0.2) is 13.1 Å². The van der Waals surface area contributed by atoms with Gasteiger partial charge in [0.2, 0.25) is 10.0 Å². The van der Waals surface area contributed by atoms with Crippen molar-refractivity contribution in [3.63, 3.8) is 0 Å². The van der Waals surface area contributed by atoms with E-state index in [1.54, 1.807) is 25.2 Å². The molecule has 1 saturated carbocycles. The molecule has 0 heterocycles. The van der Waals surface area contributed by atoms with Crippen LogP contribution in [0.1, 0.15) is 45.4 Å². The summed E-state index contributed by atoms with van der Waals surface area (Å²) in [5.41, 5.74) is 0.643. The number of para-hydroxylation sites is 1. The molecule has 0 aliphatic heterocycles. The lowest BCUT2D eigenvalue weighted by Gasteiger charge is -2.29. The van der Waals surface area contributed by atoms with E-state index in [4.69, 9.17) is 0 Å². The Bertz CT molecular complexity index is 549. The van der Waals surface area contributed by atoms with E-state index in [9.17, 15) is 8.42 Å². The fraction of sp³-hybridized carbons (Fsp3) is 0.625. The van der Waals surface area contributed by atoms with Gasteiger partial charge < -0.3 is 5.32 Å². The molecule has 0 atom stereocenters. The van der Waals surface area contributed by atoms with Crippen molar-refractivity contribution in [3.8, 4) is 0 Å². The maximum atomic E-state index is 12.5. The Hall–Kier alpha value is -1.07. The van der Waals surface area contributed by atoms with Crippen molar-refractivity contribution in [1.29, 1.82) is 0 Å². The van der Waals surface area contributed by atoms with Gasteiger partial charge in [-0.15, -0.1) is 0 Å². The lowest BCUT2D eigenvalue weighted by molar-refractivity contribution is 0.297. The summed E-state index contributed by atoms with van der Waals surface area (Å²) >= 11 is 0. The van der Waals surface area contributed by atoms with Crippen LogP contribution in [0.15, 0.2) is 29.2 Å². The summed E-state index contributed by atoms with van der Waals surface area (Å²) < 4.78 is 28.0. The molecule has 0 bridgehead atoms. The van der Waals surface area contributed by atoms with E-state index in [2.05, 4.69) is 17.0 Å². The van der Waals surface area contributed by atoms with Crippen LogP contribution in [0.5, 0.6) is 0 Å². The van der Waals surface area contributed by atoms with Gasteiger partial charge in [0.05, 0.1) is 5.69 Å². The Kier molecular flexibility index (Phi) is 5.65. The van der Waals surface area contributed by atoms with Gasteiger partial charge in [-0.2, -0.15) is 0 Å². The van der Waals surface area contributed by atoms with E-state index in [0.29, 0.717) is 10.6 Å². The van der Waals surface area contributed by atoms with Crippen molar-refractivity contribution in [3.05, 3.63) is 24.3 Å². The van der Waals surface area contributed by atoms with Crippen molar-refractivity contribution in [2.24, 2.45) is 5.92 Å². The number of hydrogen-bond donors (Lipinski definition) is 2. The maximum absolute atomic E-state index is 12.5. The van der Waals surface area contributed by atoms with Gasteiger partial charge >= 0.3 is 0 Å². The molecule has 21 heavy (non-hydrogen) atoms. The fourth-order valence-electron chi connectivity index (χ4n) is 3.17. The number of rotatable bonds is 6. The standard InChI is InChI=1S/C16H26N2O2S/c1-3-6-13-9-11-14(12-10-13)18-21(19,20)16-8-5-4-7-15(16)17-2/h4-5,7-8,13-14,17-18H,3,6,9-12H2,1-2H3. The first-order valence-electron chi connectivity index (χ1n) is 7.86. The highest BCUT2D eigenvalue weighted by molar-refractivity contribution is 7.89. The molecule has 5 heteroatoms. The number of nitrogens with one attached hydrogen (secondary N) is 2. The number of hydrogen-bond acceptors (Lipinski definition) is 3. The molecule has 0 spiro atoms. The third-order valence-electron chi connectivity index (χ3n) is 4.31. The molecule has 1 aromatic rings. The monoisotopic (exact) mass is 310 g/mol. The molecule has 0 aromatic heterocycles. The molecular weight excluding hydrogens is 284 g/mol. The van der Waals surface area contributed by atoms with Gasteiger partial charge in [-0.1, -0.05) is 31.9 Å². The lowest BCUT2D eigenvalue weighted by atomic mass is 9.84. The van der Waals surface area contributed by atoms with Crippen molar-refractivity contribution in [2.75, 3.05) is 12.4 Å². The van der Waals surface area contributed by atoms with Gasteiger partial charge in [0, 0.05) is 13.1 Å². The highest BCUT2D eigenvalue weighted by Crippen LogP contribution is 2.29. The zero-order valence-corrected chi connectivity index (χ0v) is 13.7. The molecular formula is C16H26N2O2S. The summed E-state index contributed by atoms with van der Waals surface area (Å²) in [7, 11) is -1.70. The topological polar surface area (TPSA) is 58.2 Å². The molecule has 4 nitrogen and oxygen atoms in total. The summed E-state index contributed by atoms with van der Waals surface area (Å²) in [6.07, 6.45) is 6.65. The Morgan fingerprint density at radius 1 is 1.14 bits per heavy atom. The lowest BCUT2D eigenvalue weighted by Crippen LogP contribution is -2.37. The molecule has 1 aromatic carbocycles. The third kappa shape index (κ3) is 4.20. The van der Waals surface area contributed by atoms with Crippen molar-refractivity contribution in [2.45, 2.75) is 56.4 Å². The number of sulfonamides is 1. The maximum Gasteiger partial charge on any atom is 0.242 e. The molecule has 118 valence electrons. The second-order valence-electron chi connectivity index (χ2n) is 5.87. The molecule has 1 aliphatic carbocycles. The minimum absolute atomic E-state index is 0.0769. The smallest absolute Gasteiger partial charge is 0.242 e. The van der Waals surface area contributed by atoms with Crippen LogP contribution in [0.25, 0.3) is 0 Å². The van der Waals surface area contributed by atoms with Crippen LogP contribution in [0.4, 0.5) is 5.69 Å². The number of anilines is 1. The average molecular weight is 310 g/mol. The quantitative estimate of drug-likeness (QED) is 0.847. The minimum atomic E-state index is -3.44. The Morgan fingerprint density at radius 3 is 2.43 bits per heavy atom. The van der Waals surface area contributed by atoms with Crippen LogP contribution >= 0.6 is 0 Å². The molecule has 0 amide bonds. The van der Waals surface area contributed by atoms with E-state index < -0.39 is 10.0 Å². The van der Waals surface area contributed by atoms with E-state index in [-0.39, 0.29) is 6.04 Å². The fourth-order valence-corrected chi connectivity index (χ4v) is 4.69. The first-order valence-corrected chi connectivity index (χ1v) is 9.34. The highest BCUT2D eigenvalue weighted by atomic mass is 32.2. The Balaban J connectivity index is 2.02. The predicted octanol–water partition coefficient (Wildman–Crippen LogP) is 3.37. The van der Waals surface area contributed by atoms with Gasteiger partial charge in [0.25, 0.3) is 0 Å². The van der Waals surface area contributed by atoms with E-state index in [0.717, 1.165) is 31.6 Å². The Labute approximate surface area is 128 Å². The molecule has 1 fully saturated rings. The molecule has 0 saturated heterocycles. The van der Waals surface area contributed by atoms with Crippen LogP contribution < -0.4 is 10.0 Å². The van der Waals surface area contributed by atoms with Crippen LogP contribution in [-0.4, -0.2) is 21.5 Å². The van der Waals surface area contributed by atoms with Crippen LogP contribution in [0.3, 0.4) is 0 Å². The van der Waals surface area contributed by atoms with Crippen molar-refractivity contribution in [1.82, 2.24) is 4.72 Å². The van der Waals surface area contributed by atoms with Gasteiger partial charge in [-0.3, -0.25) is 0 Å². The number of benzene rings is 1. The van der Waals surface area contributed by atoms with Crippen LogP contribution in [0, 0.1) is 5.92 Å². The third-order valence-corrected chi connectivity index (χ3v) is 5.89. The van der Waals surface area contributed by atoms with E-state index >= 15 is 0 Å². The van der Waals surface area contributed by atoms with Gasteiger partial charge in [0.1, 0.15) is 4.90 Å². The molecule has 2 N–H and O–H groups in total. The summed E-state index contributed by atoms with van der Waals surface area (Å²) in [5, 5.41) is 2.94. The largest absolute Gasteiger partial charge is 0.387 e. The summed E-state index contributed by atoms with van der Waals surface area (Å²) in [6.45, 7) is 2.21. The highest BCUT2D eigenvalue weighted by Gasteiger charge is 2.26. The van der Waals surface area contributed by atoms with Crippen molar-refractivity contribution >= 4 is 15.7 Å². The zero-order chi connectivity index (χ0) is 15.3. The summed E-state index contributed by atoms with van der Waals surface area (Å²) in [5.74, 6) is 0.778. The zero-order valence-electron chi connectivity index (χ0n) is 12.9. The minimum Gasteiger partial charge on any atom is -0.387 e. The first kappa shape index (κ1) is 16.3. The van der Waals surface area contributed by atoms with E-state index in [1.165, 1.54) is 12.8 Å². The van der Waals surface area contributed by atoms with E-state index in [1.807, 2.05) is 6.07 Å². The second-order valence-corrected chi connectivity index (χ2v) is 7.56. The molecule has 2 rings (SSSR count). The Morgan fingerprint density at radius 2 is 1.81 bits per heavy atom. The van der Waals surface area contributed by atoms with Crippen LogP contribution in [-0.2, 0) is 10.0 Å². The van der Waals surface area contributed by atoms with Crippen molar-refractivity contribution < 1.29 is 8.42 Å². The second kappa shape index (κ2) is 7.27. The molecule has 0 unspecified atom stereocenters. The average Bonchev–Trinajstić information content (AvgIpc) is 2.49. The summed E-state index contributed by atoms with van der Waals surface area (Å²) in [6, 6.07) is 7.10. The molecule has 0 radical (unpaired) electrons. The summed E-state index contributed by atoms with van der Waals surface area (Å²) in [4.78, 5) is 0.336. The normalized spacial score (nSPS) is 23.0. The molecule has 1 aliphatic rings. The van der Waals surface area contributed by atoms with Crippen LogP contribution in [0.2, 0.25) is 0 Å².